The van der Waals surface area contributed by atoms with Crippen molar-refractivity contribution >= 4 is 18.4 Å². The summed E-state index contributed by atoms with van der Waals surface area (Å²) in [5.41, 5.74) is 0. The zero-order chi connectivity index (χ0) is 21.0. The first-order chi connectivity index (χ1) is 14.3. The summed E-state index contributed by atoms with van der Waals surface area (Å²) in [5.74, 6) is 0. The first kappa shape index (κ1) is 27.3. The van der Waals surface area contributed by atoms with Crippen LogP contribution in [0.4, 0.5) is 0 Å². The van der Waals surface area contributed by atoms with Crippen molar-refractivity contribution in [3.63, 3.8) is 0 Å². The number of allylic oxidation sites excluding steroid dienone is 1. The minimum absolute atomic E-state index is 0.0355. The Bertz CT molecular complexity index is 356. The molecule has 0 amide bonds. The molecule has 0 saturated carbocycles. The Morgan fingerprint density at radius 2 is 1.38 bits per heavy atom. The van der Waals surface area contributed by atoms with E-state index < -0.39 is 18.4 Å². The summed E-state index contributed by atoms with van der Waals surface area (Å²) < 4.78 is 23.4. The predicted molar refractivity (Wildman–Crippen MR) is 128 cm³/mol. The molecule has 1 aliphatic heterocycles. The van der Waals surface area contributed by atoms with Crippen LogP contribution < -0.4 is 0 Å². The van der Waals surface area contributed by atoms with Gasteiger partial charge >= 0.3 is 174 Å². The summed E-state index contributed by atoms with van der Waals surface area (Å²) in [6.07, 6.45) is 19.7. The van der Waals surface area contributed by atoms with Gasteiger partial charge in [0.2, 0.25) is 0 Å². The van der Waals surface area contributed by atoms with Crippen molar-refractivity contribution in [2.45, 2.75) is 122 Å². The van der Waals surface area contributed by atoms with Crippen LogP contribution in [-0.2, 0) is 14.2 Å². The number of rotatable bonds is 18. The van der Waals surface area contributed by atoms with Crippen molar-refractivity contribution in [2.24, 2.45) is 0 Å². The summed E-state index contributed by atoms with van der Waals surface area (Å²) in [4.78, 5) is 0. The Hall–Kier alpha value is 0.259. The van der Waals surface area contributed by atoms with Gasteiger partial charge in [-0.2, -0.15) is 0 Å². The van der Waals surface area contributed by atoms with E-state index in [9.17, 15) is 0 Å². The molecule has 0 aromatic heterocycles. The molecule has 4 heteroatoms. The zero-order valence-electron chi connectivity index (χ0n) is 19.9. The number of unbranched alkanes of at least 4 members (excludes halogenated alkanes) is 5. The molecule has 0 radical (unpaired) electrons. The van der Waals surface area contributed by atoms with E-state index in [-0.39, 0.29) is 6.29 Å². The molecule has 0 aromatic rings. The van der Waals surface area contributed by atoms with Crippen LogP contribution in [0.1, 0.15) is 97.8 Å². The van der Waals surface area contributed by atoms with E-state index in [2.05, 4.69) is 26.8 Å². The molecule has 1 fully saturated rings. The molecule has 1 heterocycles. The van der Waals surface area contributed by atoms with Gasteiger partial charge in [-0.15, -0.1) is 0 Å². The fraction of sp³-hybridized carbons (Fsp3) is 0.920. The molecule has 0 unspecified atom stereocenters. The number of hydrogen-bond acceptors (Lipinski definition) is 3. The van der Waals surface area contributed by atoms with E-state index >= 15 is 0 Å². The second kappa shape index (κ2) is 19.0. The van der Waals surface area contributed by atoms with Gasteiger partial charge in [-0.25, -0.2) is 0 Å². The van der Waals surface area contributed by atoms with Crippen molar-refractivity contribution in [2.75, 3.05) is 19.8 Å². The molecular formula is C25H50O3Sn. The third-order valence-electron chi connectivity index (χ3n) is 6.27. The van der Waals surface area contributed by atoms with Crippen molar-refractivity contribution < 1.29 is 14.2 Å². The van der Waals surface area contributed by atoms with Crippen LogP contribution in [0, 0.1) is 0 Å². The topological polar surface area (TPSA) is 27.7 Å². The van der Waals surface area contributed by atoms with Gasteiger partial charge in [0.15, 0.2) is 0 Å². The normalized spacial score (nSPS) is 16.4. The standard InChI is InChI=1S/C13H23O3.3C4H9.Sn/c1-2-9-14-10-5-3-4-8-13-15-11-6-7-12-16-13;3*1-3-4-2;/h2,9,13H,1,3-8,10-12H2;3*1,3-4H2,2H3;/b9-2+;;;;. The van der Waals surface area contributed by atoms with Crippen LogP contribution in [0.5, 0.6) is 0 Å². The summed E-state index contributed by atoms with van der Waals surface area (Å²) in [6, 6.07) is 0. The van der Waals surface area contributed by atoms with Gasteiger partial charge in [0.1, 0.15) is 0 Å². The maximum absolute atomic E-state index is 5.85. The fourth-order valence-corrected chi connectivity index (χ4v) is 19.3. The quantitative estimate of drug-likeness (QED) is 0.105. The Kier molecular flexibility index (Phi) is 17.9. The molecule has 0 N–H and O–H groups in total. The summed E-state index contributed by atoms with van der Waals surface area (Å²) in [5, 5.41) is 0. The van der Waals surface area contributed by atoms with Gasteiger partial charge < -0.3 is 0 Å². The van der Waals surface area contributed by atoms with Gasteiger partial charge in [-0.3, -0.25) is 0 Å². The monoisotopic (exact) mass is 518 g/mol. The molecule has 0 aliphatic carbocycles. The number of ether oxygens (including phenoxy) is 3. The van der Waals surface area contributed by atoms with Crippen LogP contribution in [0.2, 0.25) is 17.7 Å². The van der Waals surface area contributed by atoms with Gasteiger partial charge in [-0.1, -0.05) is 0 Å². The molecule has 3 nitrogen and oxygen atoms in total. The number of hydrogen-bond donors (Lipinski definition) is 0. The van der Waals surface area contributed by atoms with E-state index in [0.29, 0.717) is 0 Å². The van der Waals surface area contributed by atoms with E-state index in [1.165, 1.54) is 55.8 Å². The summed E-state index contributed by atoms with van der Waals surface area (Å²) >= 11 is -2.01. The molecule has 0 spiro atoms. The Morgan fingerprint density at radius 3 is 1.93 bits per heavy atom. The predicted octanol–water partition coefficient (Wildman–Crippen LogP) is 8.08. The average Bonchev–Trinajstić information content (AvgIpc) is 3.02. The second-order valence-electron chi connectivity index (χ2n) is 8.98. The van der Waals surface area contributed by atoms with Gasteiger partial charge in [-0.05, 0) is 12.8 Å². The van der Waals surface area contributed by atoms with E-state index in [1.807, 2.05) is 6.26 Å². The van der Waals surface area contributed by atoms with Crippen molar-refractivity contribution in [3.8, 4) is 0 Å². The van der Waals surface area contributed by atoms with Crippen LogP contribution >= 0.6 is 0 Å². The second-order valence-corrected chi connectivity index (χ2v) is 23.0. The van der Waals surface area contributed by atoms with Crippen LogP contribution in [0.15, 0.2) is 12.3 Å². The van der Waals surface area contributed by atoms with E-state index in [0.717, 1.165) is 45.5 Å². The summed E-state index contributed by atoms with van der Waals surface area (Å²) in [6.45, 7) is 9.62. The van der Waals surface area contributed by atoms with Crippen molar-refractivity contribution in [3.05, 3.63) is 12.3 Å². The molecule has 0 aromatic carbocycles. The van der Waals surface area contributed by atoms with Crippen LogP contribution in [0.25, 0.3) is 0 Å². The molecule has 1 saturated heterocycles. The maximum atomic E-state index is 5.85. The van der Waals surface area contributed by atoms with Crippen molar-refractivity contribution in [1.29, 1.82) is 0 Å². The van der Waals surface area contributed by atoms with Crippen LogP contribution in [0.3, 0.4) is 0 Å². The molecule has 172 valence electrons. The van der Waals surface area contributed by atoms with Gasteiger partial charge in [0.25, 0.3) is 0 Å². The molecule has 0 bridgehead atoms. The van der Waals surface area contributed by atoms with Crippen LogP contribution in [-0.4, -0.2) is 44.5 Å². The van der Waals surface area contributed by atoms with E-state index in [1.54, 1.807) is 13.3 Å². The molecule has 1 rings (SSSR count). The Balaban J connectivity index is 2.22. The molecular weight excluding hydrogens is 467 g/mol. The molecule has 29 heavy (non-hydrogen) atoms. The molecule has 0 atom stereocenters. The van der Waals surface area contributed by atoms with Gasteiger partial charge in [0.05, 0.1) is 0 Å². The Labute approximate surface area is 186 Å². The van der Waals surface area contributed by atoms with E-state index in [4.69, 9.17) is 14.2 Å². The Morgan fingerprint density at radius 1 is 0.793 bits per heavy atom. The molecule has 1 aliphatic rings. The SMILES string of the molecule is CCC[CH2][Sn]([CH2]/C=C/OCCCCCC1OCCCCO1)([CH2]CCC)[CH2]CCC. The van der Waals surface area contributed by atoms with Gasteiger partial charge in [0, 0.05) is 0 Å². The average molecular weight is 517 g/mol. The third-order valence-corrected chi connectivity index (χ3v) is 21.5. The first-order valence-corrected chi connectivity index (χ1v) is 20.8. The summed E-state index contributed by atoms with van der Waals surface area (Å²) in [7, 11) is 0. The third kappa shape index (κ3) is 14.0. The zero-order valence-corrected chi connectivity index (χ0v) is 22.7. The van der Waals surface area contributed by atoms with Crippen molar-refractivity contribution in [1.82, 2.24) is 0 Å². The first-order valence-electron chi connectivity index (χ1n) is 12.8. The minimum atomic E-state index is -2.01. The fourth-order valence-electron chi connectivity index (χ4n) is 4.29.